The minimum atomic E-state index is -1.37. The van der Waals surface area contributed by atoms with E-state index in [1.807, 2.05) is 36.9 Å². The molecule has 0 aliphatic carbocycles. The van der Waals surface area contributed by atoms with Gasteiger partial charge < -0.3 is 9.13 Å². The zero-order valence-electron chi connectivity index (χ0n) is 18.4. The summed E-state index contributed by atoms with van der Waals surface area (Å²) in [5, 5.41) is 0.558. The van der Waals surface area contributed by atoms with Crippen LogP contribution in [0.25, 0.3) is 21.5 Å². The van der Waals surface area contributed by atoms with Crippen LogP contribution in [0.5, 0.6) is 0 Å². The van der Waals surface area contributed by atoms with Crippen molar-refractivity contribution in [2.75, 3.05) is 0 Å². The number of hydrogen-bond donors (Lipinski definition) is 0. The summed E-state index contributed by atoms with van der Waals surface area (Å²) in [4.78, 5) is 22.8. The number of alkyl halides is 1. The van der Waals surface area contributed by atoms with E-state index in [0.717, 1.165) is 15.3 Å². The third-order valence-electron chi connectivity index (χ3n) is 5.18. The van der Waals surface area contributed by atoms with Crippen LogP contribution in [-0.2, 0) is 14.1 Å². The first-order valence-corrected chi connectivity index (χ1v) is 11.4. The van der Waals surface area contributed by atoms with E-state index in [9.17, 15) is 4.79 Å². The molecule has 5 nitrogen and oxygen atoms in total. The smallest absolute Gasteiger partial charge is 0.251 e. The van der Waals surface area contributed by atoms with Gasteiger partial charge in [0.1, 0.15) is 0 Å². The van der Waals surface area contributed by atoms with Crippen LogP contribution in [0.15, 0.2) is 78.1 Å². The average molecular weight is 481 g/mol. The number of halogens is 2. The molecule has 0 saturated carbocycles. The lowest BCUT2D eigenvalue weighted by Crippen LogP contribution is -2.17. The van der Waals surface area contributed by atoms with Crippen LogP contribution in [0.1, 0.15) is 22.3 Å². The summed E-state index contributed by atoms with van der Waals surface area (Å²) in [7, 11) is 3.63. The zero-order chi connectivity index (χ0) is 23.5. The quantitative estimate of drug-likeness (QED) is 0.313. The Kier molecular flexibility index (Phi) is 6.72. The predicted octanol–water partition coefficient (Wildman–Crippen LogP) is 6.10. The Morgan fingerprint density at radius 3 is 2.39 bits per heavy atom. The normalized spacial score (nSPS) is 11.8. The number of imidazole rings is 1. The first-order valence-electron chi connectivity index (χ1n) is 10.2. The molecule has 33 heavy (non-hydrogen) atoms. The number of rotatable bonds is 3. The summed E-state index contributed by atoms with van der Waals surface area (Å²) in [6.45, 7) is 2.01. The highest BCUT2D eigenvalue weighted by molar-refractivity contribution is 7.15. The van der Waals surface area contributed by atoms with Crippen molar-refractivity contribution in [2.24, 2.45) is 14.1 Å². The van der Waals surface area contributed by atoms with E-state index >= 15 is 4.39 Å². The monoisotopic (exact) mass is 480 g/mol. The number of aromatic nitrogens is 4. The van der Waals surface area contributed by atoms with Gasteiger partial charge in [0.25, 0.3) is 5.56 Å². The molecule has 8 heteroatoms. The van der Waals surface area contributed by atoms with E-state index in [-0.39, 0.29) is 5.56 Å². The fraction of sp³-hybridized carbons (Fsp3) is 0.160. The molecule has 0 spiro atoms. The third-order valence-corrected chi connectivity index (χ3v) is 6.46. The Morgan fingerprint density at radius 2 is 1.82 bits per heavy atom. The zero-order valence-corrected chi connectivity index (χ0v) is 19.9. The number of nitrogens with zero attached hydrogens (tertiary/aromatic N) is 4. The average Bonchev–Trinajstić information content (AvgIpc) is 3.47. The molecule has 1 aromatic carbocycles. The van der Waals surface area contributed by atoms with E-state index in [2.05, 4.69) is 9.97 Å². The molecule has 0 amide bonds. The molecule has 5 rings (SSSR count). The Labute approximate surface area is 199 Å². The molecule has 0 saturated heterocycles. The molecule has 0 aliphatic heterocycles. The molecule has 0 fully saturated rings. The van der Waals surface area contributed by atoms with Crippen LogP contribution in [0, 0.1) is 6.92 Å². The molecular formula is C25H22ClFN4OS. The third kappa shape index (κ3) is 5.05. The lowest BCUT2D eigenvalue weighted by Gasteiger charge is -2.13. The van der Waals surface area contributed by atoms with Crippen molar-refractivity contribution in [3.63, 3.8) is 0 Å². The molecule has 0 aliphatic rings. The minimum absolute atomic E-state index is 0.118. The Balaban J connectivity index is 0.000000376. The van der Waals surface area contributed by atoms with E-state index in [1.54, 1.807) is 73.4 Å². The summed E-state index contributed by atoms with van der Waals surface area (Å²) in [5.74, 6) is 0. The highest BCUT2D eigenvalue weighted by Crippen LogP contribution is 2.33. The van der Waals surface area contributed by atoms with Crippen LogP contribution in [0.2, 0.25) is 5.02 Å². The van der Waals surface area contributed by atoms with E-state index < -0.39 is 6.17 Å². The SMILES string of the molecule is Cc1ccc(-c2cc(=O)n(C)c3ccc(C(F)c4ccc(Cl)cc4)nc23)s1.Cn1ccnc1. The fourth-order valence-electron chi connectivity index (χ4n) is 3.38. The van der Waals surface area contributed by atoms with Crippen LogP contribution in [-0.4, -0.2) is 19.1 Å². The van der Waals surface area contributed by atoms with Crippen molar-refractivity contribution in [1.29, 1.82) is 0 Å². The number of benzene rings is 1. The van der Waals surface area contributed by atoms with Gasteiger partial charge in [-0.25, -0.2) is 14.4 Å². The first kappa shape index (κ1) is 22.9. The lowest BCUT2D eigenvalue weighted by molar-refractivity contribution is 0.394. The van der Waals surface area contributed by atoms with E-state index in [1.165, 1.54) is 4.57 Å². The molecule has 168 valence electrons. The number of pyridine rings is 2. The summed E-state index contributed by atoms with van der Waals surface area (Å²) < 4.78 is 18.5. The van der Waals surface area contributed by atoms with Crippen LogP contribution in [0.4, 0.5) is 4.39 Å². The van der Waals surface area contributed by atoms with Gasteiger partial charge in [-0.15, -0.1) is 11.3 Å². The molecule has 1 atom stereocenters. The summed E-state index contributed by atoms with van der Waals surface area (Å²) in [5.41, 5.74) is 2.70. The van der Waals surface area contributed by atoms with Crippen molar-refractivity contribution < 1.29 is 4.39 Å². The van der Waals surface area contributed by atoms with Crippen molar-refractivity contribution in [3.05, 3.63) is 105 Å². The second-order valence-corrected chi connectivity index (χ2v) is 9.34. The predicted molar refractivity (Wildman–Crippen MR) is 133 cm³/mol. The van der Waals surface area contributed by atoms with Crippen LogP contribution in [0.3, 0.4) is 0 Å². The number of thiophene rings is 1. The first-order chi connectivity index (χ1) is 15.8. The maximum Gasteiger partial charge on any atom is 0.251 e. The van der Waals surface area contributed by atoms with Gasteiger partial charge in [0.05, 0.1) is 23.1 Å². The molecular weight excluding hydrogens is 459 g/mol. The molecule has 1 unspecified atom stereocenters. The van der Waals surface area contributed by atoms with Crippen molar-refractivity contribution in [3.8, 4) is 10.4 Å². The number of hydrogen-bond acceptors (Lipinski definition) is 4. The molecule has 5 aromatic rings. The lowest BCUT2D eigenvalue weighted by atomic mass is 10.1. The summed E-state index contributed by atoms with van der Waals surface area (Å²) in [6, 6.07) is 15.6. The van der Waals surface area contributed by atoms with Crippen LogP contribution >= 0.6 is 22.9 Å². The molecule has 0 N–H and O–H groups in total. The molecule has 0 bridgehead atoms. The molecule has 4 heterocycles. The maximum atomic E-state index is 15.1. The van der Waals surface area contributed by atoms with E-state index in [4.69, 9.17) is 11.6 Å². The van der Waals surface area contributed by atoms with Crippen LogP contribution < -0.4 is 5.56 Å². The summed E-state index contributed by atoms with van der Waals surface area (Å²) in [6.07, 6.45) is 4.02. The Morgan fingerprint density at radius 1 is 1.06 bits per heavy atom. The second kappa shape index (κ2) is 9.68. The highest BCUT2D eigenvalue weighted by atomic mass is 35.5. The number of fused-ring (bicyclic) bond motifs is 1. The summed E-state index contributed by atoms with van der Waals surface area (Å²) >= 11 is 7.48. The molecule has 0 radical (unpaired) electrons. The Bertz CT molecular complexity index is 1440. The largest absolute Gasteiger partial charge is 0.341 e. The number of aryl methyl sites for hydroxylation is 3. The second-order valence-electron chi connectivity index (χ2n) is 7.61. The van der Waals surface area contributed by atoms with Gasteiger partial charge in [-0.1, -0.05) is 23.7 Å². The maximum absolute atomic E-state index is 15.1. The van der Waals surface area contributed by atoms with E-state index in [0.29, 0.717) is 27.3 Å². The van der Waals surface area contributed by atoms with Crippen molar-refractivity contribution >= 4 is 34.0 Å². The highest BCUT2D eigenvalue weighted by Gasteiger charge is 2.18. The fourth-order valence-corrected chi connectivity index (χ4v) is 4.39. The minimum Gasteiger partial charge on any atom is -0.341 e. The van der Waals surface area contributed by atoms with Gasteiger partial charge in [0.2, 0.25) is 0 Å². The standard InChI is InChI=1S/C21H16ClFN2OS.C4H6N2/c1-12-3-10-18(27-12)15-11-19(26)25(2)17-9-8-16(24-21(15)17)20(23)13-4-6-14(22)7-5-13;1-6-3-2-5-4-6/h3-11,20H,1-2H3;2-4H,1H3. The van der Waals surface area contributed by atoms with Gasteiger partial charge in [-0.3, -0.25) is 4.79 Å². The van der Waals surface area contributed by atoms with Gasteiger partial charge >= 0.3 is 0 Å². The Hall–Kier alpha value is -3.29. The van der Waals surface area contributed by atoms with Crippen molar-refractivity contribution in [2.45, 2.75) is 13.1 Å². The topological polar surface area (TPSA) is 52.7 Å². The van der Waals surface area contributed by atoms with Gasteiger partial charge in [-0.05, 0) is 48.9 Å². The van der Waals surface area contributed by atoms with Gasteiger partial charge in [0, 0.05) is 52.9 Å². The molecule has 4 aromatic heterocycles. The van der Waals surface area contributed by atoms with Gasteiger partial charge in [0.15, 0.2) is 6.17 Å². The van der Waals surface area contributed by atoms with Gasteiger partial charge in [-0.2, -0.15) is 0 Å². The van der Waals surface area contributed by atoms with Crippen molar-refractivity contribution in [1.82, 2.24) is 19.1 Å².